The molecule has 0 aliphatic rings. The van der Waals surface area contributed by atoms with E-state index in [0.29, 0.717) is 0 Å². The molecule has 0 bridgehead atoms. The molecule has 4 aromatic carbocycles. The standard InChI is InChI=1S/C32H28NOS.C14H14N.Ir/c1-18-9-7-10-19(2)30(18)25-15-27(33-17-26(25)32(4,5)6)23-12-8-11-22-24-16-29-21(13-20(3)35-29)14-28(24)34-31(22)23;1-10-4-6-13(7-5-10)14-8-11(2)12(3)9-15-14;/h7-11,13-17H,1-6H3;4-6,8-9H,1-3H3;/q2*-1;. The molecule has 0 atom stereocenters. The Kier molecular flexibility index (Phi) is 10.2. The van der Waals surface area contributed by atoms with Crippen LogP contribution in [-0.2, 0) is 25.5 Å². The zero-order chi connectivity index (χ0) is 35.3. The van der Waals surface area contributed by atoms with Crippen molar-refractivity contribution in [3.63, 3.8) is 0 Å². The minimum atomic E-state index is -0.0332. The van der Waals surface area contributed by atoms with Crippen molar-refractivity contribution in [1.29, 1.82) is 0 Å². The zero-order valence-corrected chi connectivity index (χ0v) is 33.9. The molecule has 259 valence electrons. The maximum atomic E-state index is 6.48. The Morgan fingerprint density at radius 1 is 0.706 bits per heavy atom. The van der Waals surface area contributed by atoms with Crippen LogP contribution in [-0.4, -0.2) is 9.97 Å². The summed E-state index contributed by atoms with van der Waals surface area (Å²) in [6.45, 7) is 19.5. The van der Waals surface area contributed by atoms with Crippen molar-refractivity contribution in [3.05, 3.63) is 142 Å². The first-order chi connectivity index (χ1) is 23.9. The molecule has 0 aliphatic carbocycles. The molecule has 8 rings (SSSR count). The molecule has 4 heterocycles. The number of benzene rings is 4. The van der Waals surface area contributed by atoms with Crippen LogP contribution in [0, 0.1) is 53.7 Å². The molecule has 0 saturated heterocycles. The molecular formula is C46H42IrN2OS-2. The summed E-state index contributed by atoms with van der Waals surface area (Å²) >= 11 is 1.82. The summed E-state index contributed by atoms with van der Waals surface area (Å²) in [6, 6.07) is 34.4. The van der Waals surface area contributed by atoms with Crippen LogP contribution in [0.25, 0.3) is 65.7 Å². The van der Waals surface area contributed by atoms with Gasteiger partial charge in [-0.3, -0.25) is 0 Å². The summed E-state index contributed by atoms with van der Waals surface area (Å²) in [5.41, 5.74) is 15.6. The van der Waals surface area contributed by atoms with E-state index in [0.717, 1.165) is 44.5 Å². The van der Waals surface area contributed by atoms with Crippen LogP contribution in [0.4, 0.5) is 0 Å². The minimum absolute atomic E-state index is 0. The molecule has 0 saturated carbocycles. The maximum absolute atomic E-state index is 6.48. The molecule has 0 spiro atoms. The average molecular weight is 863 g/mol. The molecule has 4 aromatic heterocycles. The predicted molar refractivity (Wildman–Crippen MR) is 212 cm³/mol. The fourth-order valence-corrected chi connectivity index (χ4v) is 7.61. The van der Waals surface area contributed by atoms with Gasteiger partial charge in [-0.15, -0.1) is 64.9 Å². The minimum Gasteiger partial charge on any atom is -0.501 e. The van der Waals surface area contributed by atoms with Crippen LogP contribution < -0.4 is 0 Å². The molecule has 0 unspecified atom stereocenters. The first-order valence-electron chi connectivity index (χ1n) is 17.1. The van der Waals surface area contributed by atoms with Crippen LogP contribution in [0.15, 0.2) is 95.7 Å². The number of furan rings is 1. The van der Waals surface area contributed by atoms with Crippen LogP contribution in [0.2, 0.25) is 0 Å². The second kappa shape index (κ2) is 14.3. The van der Waals surface area contributed by atoms with E-state index in [4.69, 9.17) is 9.40 Å². The summed E-state index contributed by atoms with van der Waals surface area (Å²) in [6.07, 6.45) is 3.96. The van der Waals surface area contributed by atoms with Crippen molar-refractivity contribution in [2.24, 2.45) is 0 Å². The Morgan fingerprint density at radius 3 is 2.14 bits per heavy atom. The predicted octanol–water partition coefficient (Wildman–Crippen LogP) is 13.0. The van der Waals surface area contributed by atoms with Gasteiger partial charge in [-0.2, -0.15) is 0 Å². The number of rotatable bonds is 3. The monoisotopic (exact) mass is 863 g/mol. The van der Waals surface area contributed by atoms with E-state index in [-0.39, 0.29) is 25.5 Å². The van der Waals surface area contributed by atoms with Crippen LogP contribution in [0.3, 0.4) is 0 Å². The van der Waals surface area contributed by atoms with Crippen molar-refractivity contribution in [3.8, 4) is 33.6 Å². The topological polar surface area (TPSA) is 38.9 Å². The van der Waals surface area contributed by atoms with Crippen molar-refractivity contribution < 1.29 is 24.5 Å². The van der Waals surface area contributed by atoms with Crippen LogP contribution in [0.5, 0.6) is 0 Å². The Balaban J connectivity index is 0.000000236. The first kappa shape index (κ1) is 36.4. The third-order valence-corrected chi connectivity index (χ3v) is 10.5. The third-order valence-electron chi connectivity index (χ3n) is 9.53. The summed E-state index contributed by atoms with van der Waals surface area (Å²) in [5.74, 6) is 0. The molecule has 5 heteroatoms. The molecule has 1 radical (unpaired) electrons. The Morgan fingerprint density at radius 2 is 1.45 bits per heavy atom. The van der Waals surface area contributed by atoms with Crippen molar-refractivity contribution in [2.45, 2.75) is 67.7 Å². The molecule has 0 fully saturated rings. The summed E-state index contributed by atoms with van der Waals surface area (Å²) in [7, 11) is 0. The zero-order valence-electron chi connectivity index (χ0n) is 30.7. The number of pyridine rings is 2. The average Bonchev–Trinajstić information content (AvgIpc) is 3.63. The van der Waals surface area contributed by atoms with E-state index < -0.39 is 0 Å². The third kappa shape index (κ3) is 7.21. The number of aromatic nitrogens is 2. The van der Waals surface area contributed by atoms with Gasteiger partial charge in [0.2, 0.25) is 0 Å². The number of thiophene rings is 1. The van der Waals surface area contributed by atoms with Crippen molar-refractivity contribution >= 4 is 43.4 Å². The van der Waals surface area contributed by atoms with Gasteiger partial charge in [0.25, 0.3) is 0 Å². The molecule has 8 aromatic rings. The molecule has 0 aliphatic heterocycles. The van der Waals surface area contributed by atoms with Gasteiger partial charge in [0.05, 0.1) is 5.58 Å². The normalized spacial score (nSPS) is 11.5. The summed E-state index contributed by atoms with van der Waals surface area (Å²) < 4.78 is 7.77. The van der Waals surface area contributed by atoms with Gasteiger partial charge in [0.15, 0.2) is 0 Å². The maximum Gasteiger partial charge on any atom is 0.121 e. The van der Waals surface area contributed by atoms with Crippen molar-refractivity contribution in [2.75, 3.05) is 0 Å². The molecular weight excluding hydrogens is 821 g/mol. The number of hydrogen-bond donors (Lipinski definition) is 0. The van der Waals surface area contributed by atoms with Gasteiger partial charge in [-0.05, 0) is 108 Å². The van der Waals surface area contributed by atoms with E-state index in [1.807, 2.05) is 35.9 Å². The van der Waals surface area contributed by atoms with Gasteiger partial charge >= 0.3 is 0 Å². The van der Waals surface area contributed by atoms with Gasteiger partial charge in [0, 0.05) is 47.5 Å². The Labute approximate surface area is 319 Å². The van der Waals surface area contributed by atoms with Crippen LogP contribution in [0.1, 0.15) is 59.0 Å². The number of hydrogen-bond acceptors (Lipinski definition) is 4. The molecule has 3 nitrogen and oxygen atoms in total. The second-order valence-electron chi connectivity index (χ2n) is 14.5. The Bertz CT molecular complexity index is 2510. The van der Waals surface area contributed by atoms with Crippen LogP contribution >= 0.6 is 11.3 Å². The fourth-order valence-electron chi connectivity index (χ4n) is 6.67. The molecule has 51 heavy (non-hydrogen) atoms. The SMILES string of the molecule is Cc1c[c-]c(-c2cc(C)c(C)cn2)cc1.Cc1cc2cc3oc4c(-c5cc(-c6c(C)cccc6C)c(C(C)(C)C)cn5)[c-]ccc4c3cc2s1.[Ir]. The smallest absolute Gasteiger partial charge is 0.121 e. The largest absolute Gasteiger partial charge is 0.501 e. The van der Waals surface area contributed by atoms with Gasteiger partial charge < -0.3 is 14.4 Å². The molecule has 0 N–H and O–H groups in total. The van der Waals surface area contributed by atoms with E-state index >= 15 is 0 Å². The number of aryl methyl sites for hydroxylation is 6. The van der Waals surface area contributed by atoms with E-state index in [2.05, 4.69) is 146 Å². The summed E-state index contributed by atoms with van der Waals surface area (Å²) in [4.78, 5) is 10.7. The summed E-state index contributed by atoms with van der Waals surface area (Å²) in [5, 5.41) is 3.48. The fraction of sp³-hybridized carbons (Fsp3) is 0.217. The Hall–Kier alpha value is -4.41. The van der Waals surface area contributed by atoms with Gasteiger partial charge in [0.1, 0.15) is 5.58 Å². The number of nitrogens with zero attached hydrogens (tertiary/aromatic N) is 2. The van der Waals surface area contributed by atoms with Gasteiger partial charge in [-0.1, -0.05) is 74.5 Å². The number of fused-ring (bicyclic) bond motifs is 4. The molecule has 0 amide bonds. The second-order valence-corrected chi connectivity index (χ2v) is 15.8. The van der Waals surface area contributed by atoms with Gasteiger partial charge in [-0.25, -0.2) is 0 Å². The van der Waals surface area contributed by atoms with E-state index in [1.165, 1.54) is 59.5 Å². The first-order valence-corrected chi connectivity index (χ1v) is 18.0. The quantitative estimate of drug-likeness (QED) is 0.166. The van der Waals surface area contributed by atoms with E-state index in [1.54, 1.807) is 0 Å². The van der Waals surface area contributed by atoms with E-state index in [9.17, 15) is 0 Å². The van der Waals surface area contributed by atoms with Crippen molar-refractivity contribution in [1.82, 2.24) is 9.97 Å².